The van der Waals surface area contributed by atoms with E-state index in [1.54, 1.807) is 16.6 Å². The zero-order valence-electron chi connectivity index (χ0n) is 16.3. The normalized spacial score (nSPS) is 18.2. The van der Waals surface area contributed by atoms with Gasteiger partial charge in [-0.05, 0) is 32.0 Å². The molecule has 154 valence electrons. The molecule has 4 rings (SSSR count). The maximum atomic E-state index is 13.3. The van der Waals surface area contributed by atoms with Crippen molar-refractivity contribution < 1.29 is 18.8 Å². The summed E-state index contributed by atoms with van der Waals surface area (Å²) in [5, 5.41) is 8.47. The van der Waals surface area contributed by atoms with Crippen molar-refractivity contribution in [3.8, 4) is 0 Å². The maximum Gasteiger partial charge on any atom is 0.322 e. The highest BCUT2D eigenvalue weighted by Crippen LogP contribution is 2.29. The van der Waals surface area contributed by atoms with E-state index in [2.05, 4.69) is 10.4 Å². The summed E-state index contributed by atoms with van der Waals surface area (Å²) in [4.78, 5) is 32.9. The van der Waals surface area contributed by atoms with Gasteiger partial charge in [0.05, 0.1) is 23.8 Å². The van der Waals surface area contributed by atoms with Crippen LogP contribution in [0.2, 0.25) is 5.02 Å². The number of anilines is 1. The van der Waals surface area contributed by atoms with E-state index in [9.17, 15) is 14.0 Å². The first kappa shape index (κ1) is 19.7. The maximum absolute atomic E-state index is 13.3. The number of nitrogens with zero attached hydrogens (tertiary/aromatic N) is 4. The third-order valence-electron chi connectivity index (χ3n) is 4.96. The van der Waals surface area contributed by atoms with Crippen molar-refractivity contribution in [3.05, 3.63) is 46.0 Å². The molecule has 0 fully saturated rings. The van der Waals surface area contributed by atoms with Crippen molar-refractivity contribution in [1.29, 1.82) is 0 Å². The Hall–Kier alpha value is -2.65. The predicted octanol–water partition coefficient (Wildman–Crippen LogP) is 3.06. The molecule has 29 heavy (non-hydrogen) atoms. The second-order valence-corrected chi connectivity index (χ2v) is 8.22. The molecular weight excluding hydrogens is 401 g/mol. The number of hydroxylamine groups is 2. The Balaban J connectivity index is 1.58. The van der Waals surface area contributed by atoms with Crippen LogP contribution in [0.4, 0.5) is 14.9 Å². The van der Waals surface area contributed by atoms with E-state index in [0.717, 1.165) is 11.3 Å². The Kier molecular flexibility index (Phi) is 4.74. The van der Waals surface area contributed by atoms with Crippen molar-refractivity contribution in [2.24, 2.45) is 0 Å². The number of carbonyl (C=O) groups is 2. The summed E-state index contributed by atoms with van der Waals surface area (Å²) in [5.74, 6) is -0.848. The molecule has 1 N–H and O–H groups in total. The van der Waals surface area contributed by atoms with Gasteiger partial charge in [0.2, 0.25) is 0 Å². The number of benzene rings is 1. The average molecular weight is 422 g/mol. The standard InChI is InChI=1S/C19H21ClFN5O3/c1-19(2)10-26-16(17(27)24(3)29-19)12-9-25(7-6-15(12)23-26)18(28)22-11-4-5-14(21)13(20)8-11/h4-5,8H,6-7,9-10H2,1-3H3,(H,22,28). The van der Waals surface area contributed by atoms with Crippen LogP contribution in [0.3, 0.4) is 0 Å². The van der Waals surface area contributed by atoms with Crippen molar-refractivity contribution in [2.45, 2.75) is 39.0 Å². The second-order valence-electron chi connectivity index (χ2n) is 7.82. The van der Waals surface area contributed by atoms with Crippen LogP contribution < -0.4 is 5.32 Å². The minimum Gasteiger partial charge on any atom is -0.320 e. The highest BCUT2D eigenvalue weighted by Gasteiger charge is 2.38. The van der Waals surface area contributed by atoms with E-state index < -0.39 is 11.4 Å². The van der Waals surface area contributed by atoms with Crippen LogP contribution in [0.5, 0.6) is 0 Å². The van der Waals surface area contributed by atoms with E-state index in [-0.39, 0.29) is 23.5 Å². The highest BCUT2D eigenvalue weighted by atomic mass is 35.5. The number of hydrogen-bond acceptors (Lipinski definition) is 4. The molecule has 2 aliphatic heterocycles. The second kappa shape index (κ2) is 7.00. The Morgan fingerprint density at radius 2 is 2.14 bits per heavy atom. The molecule has 0 spiro atoms. The molecule has 2 aromatic rings. The molecule has 8 nitrogen and oxygen atoms in total. The molecule has 0 atom stereocenters. The molecular formula is C19H21ClFN5O3. The van der Waals surface area contributed by atoms with E-state index in [1.807, 2.05) is 13.8 Å². The fourth-order valence-electron chi connectivity index (χ4n) is 3.68. The van der Waals surface area contributed by atoms with Gasteiger partial charge in [-0.15, -0.1) is 0 Å². The minimum absolute atomic E-state index is 0.0677. The first-order chi connectivity index (χ1) is 13.6. The molecule has 2 aliphatic rings. The zero-order valence-corrected chi connectivity index (χ0v) is 17.1. The number of urea groups is 1. The first-order valence-electron chi connectivity index (χ1n) is 9.21. The topological polar surface area (TPSA) is 79.7 Å². The number of amides is 3. The van der Waals surface area contributed by atoms with E-state index in [0.29, 0.717) is 30.9 Å². The SMILES string of the molecule is CN1OC(C)(C)Cn2nc3c(c2C1=O)CN(C(=O)Nc1ccc(F)c(Cl)c1)CC3. The summed E-state index contributed by atoms with van der Waals surface area (Å²) >= 11 is 5.78. The highest BCUT2D eigenvalue weighted by molar-refractivity contribution is 6.31. The number of halogens is 2. The van der Waals surface area contributed by atoms with Crippen LogP contribution in [-0.4, -0.2) is 50.9 Å². The third kappa shape index (κ3) is 3.67. The summed E-state index contributed by atoms with van der Waals surface area (Å²) in [7, 11) is 1.57. The summed E-state index contributed by atoms with van der Waals surface area (Å²) in [6.07, 6.45) is 0.533. The number of fused-ring (bicyclic) bond motifs is 3. The molecule has 0 unspecified atom stereocenters. The van der Waals surface area contributed by atoms with Crippen molar-refractivity contribution in [3.63, 3.8) is 0 Å². The number of hydrogen-bond donors (Lipinski definition) is 1. The predicted molar refractivity (Wildman–Crippen MR) is 104 cm³/mol. The first-order valence-corrected chi connectivity index (χ1v) is 9.59. The van der Waals surface area contributed by atoms with Crippen molar-refractivity contribution >= 4 is 29.2 Å². The lowest BCUT2D eigenvalue weighted by atomic mass is 10.0. The molecule has 3 amide bonds. The summed E-state index contributed by atoms with van der Waals surface area (Å²) in [6, 6.07) is 3.64. The molecule has 1 aromatic carbocycles. The lowest BCUT2D eigenvalue weighted by Crippen LogP contribution is -2.40. The third-order valence-corrected chi connectivity index (χ3v) is 5.25. The summed E-state index contributed by atoms with van der Waals surface area (Å²) in [6.45, 7) is 4.89. The van der Waals surface area contributed by atoms with Gasteiger partial charge in [-0.1, -0.05) is 11.6 Å². The molecule has 0 saturated heterocycles. The molecule has 0 radical (unpaired) electrons. The fraction of sp³-hybridized carbons (Fsp3) is 0.421. The number of aromatic nitrogens is 2. The average Bonchev–Trinajstić information content (AvgIpc) is 2.95. The summed E-state index contributed by atoms with van der Waals surface area (Å²) < 4.78 is 15.0. The van der Waals surface area contributed by atoms with Gasteiger partial charge in [-0.2, -0.15) is 5.10 Å². The number of rotatable bonds is 1. The fourth-order valence-corrected chi connectivity index (χ4v) is 3.86. The van der Waals surface area contributed by atoms with E-state index in [1.165, 1.54) is 23.3 Å². The van der Waals surface area contributed by atoms with E-state index in [4.69, 9.17) is 16.4 Å². The quantitative estimate of drug-likeness (QED) is 0.767. The van der Waals surface area contributed by atoms with Crippen LogP contribution in [0.25, 0.3) is 0 Å². The monoisotopic (exact) mass is 421 g/mol. The smallest absolute Gasteiger partial charge is 0.320 e. The van der Waals surface area contributed by atoms with Crippen LogP contribution >= 0.6 is 11.6 Å². The van der Waals surface area contributed by atoms with E-state index >= 15 is 0 Å². The molecule has 1 aromatic heterocycles. The van der Waals surface area contributed by atoms with Gasteiger partial charge in [-0.25, -0.2) is 14.2 Å². The Morgan fingerprint density at radius 3 is 2.86 bits per heavy atom. The summed E-state index contributed by atoms with van der Waals surface area (Å²) in [5.41, 5.74) is 1.78. The molecule has 10 heteroatoms. The molecule has 0 bridgehead atoms. The van der Waals surface area contributed by atoms with Crippen LogP contribution in [0, 0.1) is 5.82 Å². The Labute approximate surface area is 172 Å². The Morgan fingerprint density at radius 1 is 1.38 bits per heavy atom. The van der Waals surface area contributed by atoms with Gasteiger partial charge < -0.3 is 10.2 Å². The van der Waals surface area contributed by atoms with Gasteiger partial charge in [0.25, 0.3) is 5.91 Å². The minimum atomic E-state index is -0.594. The van der Waals surface area contributed by atoms with Gasteiger partial charge >= 0.3 is 6.03 Å². The van der Waals surface area contributed by atoms with Gasteiger partial charge in [0, 0.05) is 31.3 Å². The Bertz CT molecular complexity index is 1010. The van der Waals surface area contributed by atoms with Crippen molar-refractivity contribution in [1.82, 2.24) is 19.7 Å². The van der Waals surface area contributed by atoms with Crippen LogP contribution in [0.1, 0.15) is 35.6 Å². The van der Waals surface area contributed by atoms with Gasteiger partial charge in [0.15, 0.2) is 0 Å². The lowest BCUT2D eigenvalue weighted by molar-refractivity contribution is -0.190. The lowest BCUT2D eigenvalue weighted by Gasteiger charge is -2.28. The van der Waals surface area contributed by atoms with Gasteiger partial charge in [0.1, 0.15) is 17.1 Å². The largest absolute Gasteiger partial charge is 0.322 e. The molecule has 0 aliphatic carbocycles. The van der Waals surface area contributed by atoms with Crippen molar-refractivity contribution in [2.75, 3.05) is 18.9 Å². The van der Waals surface area contributed by atoms with Gasteiger partial charge in [-0.3, -0.25) is 14.3 Å². The zero-order chi connectivity index (χ0) is 20.9. The van der Waals surface area contributed by atoms with Crippen LogP contribution in [-0.2, 0) is 24.3 Å². The number of carbonyl (C=O) groups excluding carboxylic acids is 2. The van der Waals surface area contributed by atoms with Crippen LogP contribution in [0.15, 0.2) is 18.2 Å². The molecule has 3 heterocycles. The molecule has 0 saturated carbocycles. The number of nitrogens with one attached hydrogen (secondary N) is 1.